The molecule has 2 heterocycles. The van der Waals surface area contributed by atoms with E-state index >= 15 is 0 Å². The molecule has 0 spiro atoms. The van der Waals surface area contributed by atoms with Crippen LogP contribution in [0.15, 0.2) is 27.6 Å². The normalized spacial score (nSPS) is 21.2. The maximum atomic E-state index is 12.8. The molecule has 2 aliphatic heterocycles. The van der Waals surface area contributed by atoms with E-state index in [2.05, 4.69) is 20.8 Å². The first kappa shape index (κ1) is 17.8. The molecule has 2 saturated heterocycles. The Bertz CT molecular complexity index is 724. The number of halogens is 1. The number of piperidine rings is 1. The molecule has 0 aliphatic carbocycles. The molecule has 3 rings (SSSR count). The lowest BCUT2D eigenvalue weighted by atomic mass is 10.1. The Morgan fingerprint density at radius 1 is 1.12 bits per heavy atom. The number of nitrogens with zero attached hydrogens (tertiary/aromatic N) is 2. The fraction of sp³-hybridized carbons (Fsp3) is 0.562. The maximum absolute atomic E-state index is 12.8. The molecule has 0 amide bonds. The molecule has 1 aromatic rings. The van der Waals surface area contributed by atoms with Crippen LogP contribution >= 0.6 is 15.9 Å². The highest BCUT2D eigenvalue weighted by Gasteiger charge is 2.32. The quantitative estimate of drug-likeness (QED) is 0.814. The van der Waals surface area contributed by atoms with Crippen molar-refractivity contribution in [2.24, 2.45) is 0 Å². The largest absolute Gasteiger partial charge is 0.478 e. The molecule has 2 aliphatic rings. The molecule has 0 saturated carbocycles. The van der Waals surface area contributed by atoms with Gasteiger partial charge >= 0.3 is 5.97 Å². The Morgan fingerprint density at radius 2 is 1.75 bits per heavy atom. The van der Waals surface area contributed by atoms with Gasteiger partial charge in [-0.05, 0) is 72.9 Å². The fourth-order valence-electron chi connectivity index (χ4n) is 3.53. The van der Waals surface area contributed by atoms with Gasteiger partial charge in [0.1, 0.15) is 0 Å². The van der Waals surface area contributed by atoms with Gasteiger partial charge in [0, 0.05) is 23.6 Å². The third-order valence-corrected chi connectivity index (χ3v) is 7.47. The number of hydrogen-bond donors (Lipinski definition) is 1. The number of hydrogen-bond acceptors (Lipinski definition) is 4. The Hall–Kier alpha value is -0.960. The molecule has 0 unspecified atom stereocenters. The molecule has 8 heteroatoms. The molecular weight excluding hydrogens is 396 g/mol. The van der Waals surface area contributed by atoms with Gasteiger partial charge in [-0.25, -0.2) is 13.2 Å². The second-order valence-corrected chi connectivity index (χ2v) is 9.12. The summed E-state index contributed by atoms with van der Waals surface area (Å²) in [6.45, 7) is 3.21. The number of benzene rings is 1. The predicted molar refractivity (Wildman–Crippen MR) is 93.7 cm³/mol. The number of carboxylic acids is 1. The standard InChI is InChI=1S/C16H21BrN2O4S/c17-15-4-3-13(11-14(15)16(20)21)24(22,23)19-9-5-12(6-10-19)18-7-1-2-8-18/h3-4,11-12H,1-2,5-10H2,(H,20,21). The molecule has 0 atom stereocenters. The van der Waals surface area contributed by atoms with Gasteiger partial charge in [0.2, 0.25) is 10.0 Å². The molecule has 24 heavy (non-hydrogen) atoms. The Kier molecular flexibility index (Phi) is 5.29. The lowest BCUT2D eigenvalue weighted by Gasteiger charge is -2.36. The number of aromatic carboxylic acids is 1. The van der Waals surface area contributed by atoms with Gasteiger partial charge in [-0.1, -0.05) is 0 Å². The van der Waals surface area contributed by atoms with Crippen LogP contribution in [-0.2, 0) is 10.0 Å². The lowest BCUT2D eigenvalue weighted by molar-refractivity contribution is 0.0695. The van der Waals surface area contributed by atoms with Crippen molar-refractivity contribution in [3.05, 3.63) is 28.2 Å². The fourth-order valence-corrected chi connectivity index (χ4v) is 5.44. The van der Waals surface area contributed by atoms with E-state index in [1.54, 1.807) is 0 Å². The first-order valence-electron chi connectivity index (χ1n) is 8.16. The van der Waals surface area contributed by atoms with Gasteiger partial charge in [0.25, 0.3) is 0 Å². The third kappa shape index (κ3) is 3.51. The van der Waals surface area contributed by atoms with Gasteiger partial charge in [0.15, 0.2) is 0 Å². The lowest BCUT2D eigenvalue weighted by Crippen LogP contribution is -2.45. The van der Waals surface area contributed by atoms with E-state index < -0.39 is 16.0 Å². The van der Waals surface area contributed by atoms with Crippen LogP contribution in [0.1, 0.15) is 36.0 Å². The zero-order chi connectivity index (χ0) is 17.3. The van der Waals surface area contributed by atoms with E-state index in [1.165, 1.54) is 35.3 Å². The summed E-state index contributed by atoms with van der Waals surface area (Å²) in [6, 6.07) is 4.64. The minimum Gasteiger partial charge on any atom is -0.478 e. The zero-order valence-electron chi connectivity index (χ0n) is 13.3. The van der Waals surface area contributed by atoms with Gasteiger partial charge in [-0.3, -0.25) is 0 Å². The Labute approximate surface area is 150 Å². The molecule has 132 valence electrons. The van der Waals surface area contributed by atoms with Crippen molar-refractivity contribution in [1.82, 2.24) is 9.21 Å². The smallest absolute Gasteiger partial charge is 0.336 e. The van der Waals surface area contributed by atoms with Crippen LogP contribution in [0.25, 0.3) is 0 Å². The second-order valence-electron chi connectivity index (χ2n) is 6.33. The minimum absolute atomic E-state index is 0.0389. The van der Waals surface area contributed by atoms with Crippen molar-refractivity contribution < 1.29 is 18.3 Å². The van der Waals surface area contributed by atoms with Gasteiger partial charge in [-0.15, -0.1) is 0 Å². The second kappa shape index (κ2) is 7.11. The number of rotatable bonds is 4. The van der Waals surface area contributed by atoms with Crippen LogP contribution in [-0.4, -0.2) is 60.9 Å². The number of carboxylic acid groups (broad SMARTS) is 1. The van der Waals surface area contributed by atoms with E-state index in [4.69, 9.17) is 0 Å². The summed E-state index contributed by atoms with van der Waals surface area (Å²) >= 11 is 3.14. The maximum Gasteiger partial charge on any atom is 0.336 e. The Morgan fingerprint density at radius 3 is 2.33 bits per heavy atom. The van der Waals surface area contributed by atoms with E-state index in [-0.39, 0.29) is 10.5 Å². The van der Waals surface area contributed by atoms with Crippen molar-refractivity contribution in [2.45, 2.75) is 36.6 Å². The molecule has 6 nitrogen and oxygen atoms in total. The van der Waals surface area contributed by atoms with Gasteiger partial charge in [0.05, 0.1) is 10.5 Å². The van der Waals surface area contributed by atoms with E-state index in [9.17, 15) is 18.3 Å². The summed E-state index contributed by atoms with van der Waals surface area (Å²) in [6.07, 6.45) is 4.13. The van der Waals surface area contributed by atoms with Crippen LogP contribution < -0.4 is 0 Å². The highest BCUT2D eigenvalue weighted by atomic mass is 79.9. The van der Waals surface area contributed by atoms with E-state index in [1.807, 2.05) is 0 Å². The van der Waals surface area contributed by atoms with Gasteiger partial charge < -0.3 is 10.0 Å². The first-order chi connectivity index (χ1) is 11.4. The van der Waals surface area contributed by atoms with E-state index in [0.717, 1.165) is 25.9 Å². The average Bonchev–Trinajstić information content (AvgIpc) is 3.09. The highest BCUT2D eigenvalue weighted by molar-refractivity contribution is 9.10. The molecule has 1 N–H and O–H groups in total. The average molecular weight is 417 g/mol. The minimum atomic E-state index is -3.65. The van der Waals surface area contributed by atoms with Crippen LogP contribution in [0.5, 0.6) is 0 Å². The van der Waals surface area contributed by atoms with Crippen LogP contribution in [0.4, 0.5) is 0 Å². The number of likely N-dealkylation sites (tertiary alicyclic amines) is 1. The Balaban J connectivity index is 1.74. The summed E-state index contributed by atoms with van der Waals surface area (Å²) < 4.78 is 27.5. The molecule has 0 aromatic heterocycles. The van der Waals surface area contributed by atoms with Crippen molar-refractivity contribution in [1.29, 1.82) is 0 Å². The van der Waals surface area contributed by atoms with Crippen molar-refractivity contribution in [3.63, 3.8) is 0 Å². The molecule has 2 fully saturated rings. The molecule has 1 aromatic carbocycles. The van der Waals surface area contributed by atoms with E-state index in [0.29, 0.717) is 23.6 Å². The van der Waals surface area contributed by atoms with Crippen LogP contribution in [0, 0.1) is 0 Å². The monoisotopic (exact) mass is 416 g/mol. The molecule has 0 bridgehead atoms. The number of sulfonamides is 1. The van der Waals surface area contributed by atoms with Crippen LogP contribution in [0.2, 0.25) is 0 Å². The first-order valence-corrected chi connectivity index (χ1v) is 10.4. The number of carbonyl (C=O) groups is 1. The highest BCUT2D eigenvalue weighted by Crippen LogP contribution is 2.27. The van der Waals surface area contributed by atoms with Crippen molar-refractivity contribution >= 4 is 31.9 Å². The topological polar surface area (TPSA) is 77.9 Å². The zero-order valence-corrected chi connectivity index (χ0v) is 15.7. The summed E-state index contributed by atoms with van der Waals surface area (Å²) in [4.78, 5) is 13.7. The van der Waals surface area contributed by atoms with Gasteiger partial charge in [-0.2, -0.15) is 4.31 Å². The van der Waals surface area contributed by atoms with Crippen molar-refractivity contribution in [2.75, 3.05) is 26.2 Å². The summed E-state index contributed by atoms with van der Waals surface area (Å²) in [7, 11) is -3.65. The van der Waals surface area contributed by atoms with Crippen molar-refractivity contribution in [3.8, 4) is 0 Å². The summed E-state index contributed by atoms with van der Waals surface area (Å²) in [5, 5.41) is 9.18. The molecular formula is C16H21BrN2O4S. The predicted octanol–water partition coefficient (Wildman–Crippen LogP) is 2.40. The van der Waals surface area contributed by atoms with Crippen LogP contribution in [0.3, 0.4) is 0 Å². The SMILES string of the molecule is O=C(O)c1cc(S(=O)(=O)N2CCC(N3CCCC3)CC2)ccc1Br. The third-order valence-electron chi connectivity index (χ3n) is 4.89. The molecule has 0 radical (unpaired) electrons. The summed E-state index contributed by atoms with van der Waals surface area (Å²) in [5.74, 6) is -1.15. The summed E-state index contributed by atoms with van der Waals surface area (Å²) in [5.41, 5.74) is -0.0389.